The van der Waals surface area contributed by atoms with Crippen LogP contribution in [-0.2, 0) is 4.79 Å². The fourth-order valence-corrected chi connectivity index (χ4v) is 3.41. The highest BCUT2D eigenvalue weighted by molar-refractivity contribution is 5.73. The van der Waals surface area contributed by atoms with E-state index >= 15 is 0 Å². The smallest absolute Gasteiger partial charge is 0.219 e. The molecule has 2 fully saturated rings. The van der Waals surface area contributed by atoms with Gasteiger partial charge in [-0.25, -0.2) is 0 Å². The molecular weight excluding hydrogens is 238 g/mol. The van der Waals surface area contributed by atoms with Crippen molar-refractivity contribution < 1.29 is 4.79 Å². The van der Waals surface area contributed by atoms with Gasteiger partial charge in [-0.05, 0) is 36.8 Å². The largest absolute Gasteiger partial charge is 0.371 e. The number of carbonyl (C=O) groups excluding carboxylic acids is 1. The zero-order valence-electron chi connectivity index (χ0n) is 11.5. The van der Waals surface area contributed by atoms with E-state index in [-0.39, 0.29) is 5.91 Å². The number of likely N-dealkylation sites (tertiary alicyclic amines) is 1. The third kappa shape index (κ3) is 2.44. The summed E-state index contributed by atoms with van der Waals surface area (Å²) in [6, 6.07) is 4.17. The van der Waals surface area contributed by atoms with Crippen LogP contribution in [-0.4, -0.2) is 42.0 Å². The molecule has 0 saturated carbocycles. The van der Waals surface area contributed by atoms with Crippen LogP contribution in [0.1, 0.15) is 26.2 Å². The first-order valence-corrected chi connectivity index (χ1v) is 7.09. The minimum absolute atomic E-state index is 0.221. The van der Waals surface area contributed by atoms with E-state index in [9.17, 15) is 4.79 Å². The van der Waals surface area contributed by atoms with Crippen molar-refractivity contribution in [2.75, 3.05) is 31.1 Å². The van der Waals surface area contributed by atoms with E-state index in [1.165, 1.54) is 12.1 Å². The Labute approximate surface area is 114 Å². The zero-order chi connectivity index (χ0) is 13.3. The second-order valence-corrected chi connectivity index (χ2v) is 5.88. The Morgan fingerprint density at radius 2 is 1.79 bits per heavy atom. The SMILES string of the molecule is CC(=O)N1CCC2(CC1)CCN(c1ccncc1)C2. The number of rotatable bonds is 1. The van der Waals surface area contributed by atoms with Crippen molar-refractivity contribution in [1.29, 1.82) is 0 Å². The van der Waals surface area contributed by atoms with E-state index in [4.69, 9.17) is 0 Å². The molecule has 3 heterocycles. The fourth-order valence-electron chi connectivity index (χ4n) is 3.41. The highest BCUT2D eigenvalue weighted by Gasteiger charge is 2.40. The van der Waals surface area contributed by atoms with Crippen LogP contribution in [0.2, 0.25) is 0 Å². The lowest BCUT2D eigenvalue weighted by Gasteiger charge is -2.39. The summed E-state index contributed by atoms with van der Waals surface area (Å²) in [5.74, 6) is 0.221. The Balaban J connectivity index is 1.65. The van der Waals surface area contributed by atoms with Gasteiger partial charge in [0.1, 0.15) is 0 Å². The van der Waals surface area contributed by atoms with Gasteiger partial charge in [0.15, 0.2) is 0 Å². The van der Waals surface area contributed by atoms with Gasteiger partial charge in [-0.2, -0.15) is 0 Å². The van der Waals surface area contributed by atoms with E-state index < -0.39 is 0 Å². The van der Waals surface area contributed by atoms with Crippen LogP contribution in [0, 0.1) is 5.41 Å². The Hall–Kier alpha value is -1.58. The molecule has 2 aliphatic rings. The molecule has 0 bridgehead atoms. The number of nitrogens with zero attached hydrogens (tertiary/aromatic N) is 3. The van der Waals surface area contributed by atoms with Gasteiger partial charge in [-0.3, -0.25) is 9.78 Å². The Morgan fingerprint density at radius 1 is 1.16 bits per heavy atom. The first-order chi connectivity index (χ1) is 9.19. The molecule has 1 amide bonds. The second kappa shape index (κ2) is 4.83. The van der Waals surface area contributed by atoms with E-state index in [0.29, 0.717) is 5.41 Å². The molecule has 102 valence electrons. The maximum Gasteiger partial charge on any atom is 0.219 e. The highest BCUT2D eigenvalue weighted by atomic mass is 16.2. The molecule has 0 aliphatic carbocycles. The van der Waals surface area contributed by atoms with Crippen LogP contribution in [0.25, 0.3) is 0 Å². The molecule has 3 rings (SSSR count). The number of amides is 1. The van der Waals surface area contributed by atoms with Crippen LogP contribution in [0.3, 0.4) is 0 Å². The number of anilines is 1. The van der Waals surface area contributed by atoms with E-state index in [2.05, 4.69) is 22.0 Å². The van der Waals surface area contributed by atoms with Crippen LogP contribution < -0.4 is 4.90 Å². The van der Waals surface area contributed by atoms with Crippen molar-refractivity contribution >= 4 is 11.6 Å². The molecule has 1 spiro atoms. The average Bonchev–Trinajstić information content (AvgIpc) is 2.84. The molecule has 2 aliphatic heterocycles. The van der Waals surface area contributed by atoms with Crippen molar-refractivity contribution in [3.8, 4) is 0 Å². The third-order valence-corrected chi connectivity index (χ3v) is 4.74. The van der Waals surface area contributed by atoms with Crippen molar-refractivity contribution in [3.05, 3.63) is 24.5 Å². The summed E-state index contributed by atoms with van der Waals surface area (Å²) in [4.78, 5) is 19.9. The number of carbonyl (C=O) groups is 1. The van der Waals surface area contributed by atoms with Gasteiger partial charge in [-0.15, -0.1) is 0 Å². The standard InChI is InChI=1S/C15H21N3O/c1-13(19)17-9-4-15(5-10-17)6-11-18(12-15)14-2-7-16-8-3-14/h2-3,7-8H,4-6,9-12H2,1H3. The molecule has 0 atom stereocenters. The minimum atomic E-state index is 0.221. The predicted molar refractivity (Wildman–Crippen MR) is 75.0 cm³/mol. The summed E-state index contributed by atoms with van der Waals surface area (Å²) in [6.45, 7) is 5.79. The van der Waals surface area contributed by atoms with Crippen molar-refractivity contribution in [2.24, 2.45) is 5.41 Å². The minimum Gasteiger partial charge on any atom is -0.371 e. The number of hydrogen-bond acceptors (Lipinski definition) is 3. The average molecular weight is 259 g/mol. The monoisotopic (exact) mass is 259 g/mol. The summed E-state index contributed by atoms with van der Waals surface area (Å²) >= 11 is 0. The van der Waals surface area contributed by atoms with Crippen LogP contribution in [0.15, 0.2) is 24.5 Å². The lowest BCUT2D eigenvalue weighted by Crippen LogP contribution is -2.43. The number of hydrogen-bond donors (Lipinski definition) is 0. The molecule has 19 heavy (non-hydrogen) atoms. The molecule has 0 N–H and O–H groups in total. The number of aromatic nitrogens is 1. The Kier molecular flexibility index (Phi) is 3.17. The van der Waals surface area contributed by atoms with E-state index in [1.807, 2.05) is 17.3 Å². The molecule has 1 aromatic rings. The molecule has 2 saturated heterocycles. The Bertz CT molecular complexity index is 452. The first kappa shape index (κ1) is 12.5. The quantitative estimate of drug-likeness (QED) is 0.773. The normalized spacial score (nSPS) is 21.9. The van der Waals surface area contributed by atoms with Gasteiger partial charge < -0.3 is 9.80 Å². The Morgan fingerprint density at radius 3 is 2.42 bits per heavy atom. The summed E-state index contributed by atoms with van der Waals surface area (Å²) in [6.07, 6.45) is 7.26. The predicted octanol–water partition coefficient (Wildman–Crippen LogP) is 1.92. The van der Waals surface area contributed by atoms with Gasteiger partial charge in [0.05, 0.1) is 0 Å². The summed E-state index contributed by atoms with van der Waals surface area (Å²) in [7, 11) is 0. The first-order valence-electron chi connectivity index (χ1n) is 7.09. The highest BCUT2D eigenvalue weighted by Crippen LogP contribution is 2.41. The maximum atomic E-state index is 11.4. The van der Waals surface area contributed by atoms with Crippen molar-refractivity contribution in [1.82, 2.24) is 9.88 Å². The van der Waals surface area contributed by atoms with Crippen molar-refractivity contribution in [2.45, 2.75) is 26.2 Å². The summed E-state index contributed by atoms with van der Waals surface area (Å²) in [5.41, 5.74) is 1.70. The topological polar surface area (TPSA) is 36.4 Å². The lowest BCUT2D eigenvalue weighted by molar-refractivity contribution is -0.130. The van der Waals surface area contributed by atoms with Gasteiger partial charge >= 0.3 is 0 Å². The molecule has 0 aromatic carbocycles. The third-order valence-electron chi connectivity index (χ3n) is 4.74. The van der Waals surface area contributed by atoms with Gasteiger partial charge in [0, 0.05) is 51.2 Å². The molecular formula is C15H21N3O. The van der Waals surface area contributed by atoms with Crippen LogP contribution in [0.5, 0.6) is 0 Å². The van der Waals surface area contributed by atoms with E-state index in [1.54, 1.807) is 6.92 Å². The number of piperidine rings is 1. The fraction of sp³-hybridized carbons (Fsp3) is 0.600. The van der Waals surface area contributed by atoms with Gasteiger partial charge in [0.25, 0.3) is 0 Å². The molecule has 4 heteroatoms. The molecule has 1 aromatic heterocycles. The van der Waals surface area contributed by atoms with E-state index in [0.717, 1.165) is 39.0 Å². The molecule has 4 nitrogen and oxygen atoms in total. The van der Waals surface area contributed by atoms with Crippen LogP contribution in [0.4, 0.5) is 5.69 Å². The molecule has 0 unspecified atom stereocenters. The lowest BCUT2D eigenvalue weighted by atomic mass is 9.78. The summed E-state index contributed by atoms with van der Waals surface area (Å²) < 4.78 is 0. The molecule has 0 radical (unpaired) electrons. The van der Waals surface area contributed by atoms with Crippen LogP contribution >= 0.6 is 0 Å². The summed E-state index contributed by atoms with van der Waals surface area (Å²) in [5, 5.41) is 0. The second-order valence-electron chi connectivity index (χ2n) is 5.88. The number of pyridine rings is 1. The van der Waals surface area contributed by atoms with Gasteiger partial charge in [-0.1, -0.05) is 0 Å². The van der Waals surface area contributed by atoms with Gasteiger partial charge in [0.2, 0.25) is 5.91 Å². The zero-order valence-corrected chi connectivity index (χ0v) is 11.5. The van der Waals surface area contributed by atoms with Crippen molar-refractivity contribution in [3.63, 3.8) is 0 Å². The maximum absolute atomic E-state index is 11.4.